The molecule has 0 spiro atoms. The van der Waals surface area contributed by atoms with Crippen LogP contribution in [0.3, 0.4) is 0 Å². The normalized spacial score (nSPS) is 12.0. The average Bonchev–Trinajstić information content (AvgIpc) is 2.90. The predicted molar refractivity (Wildman–Crippen MR) is 140 cm³/mol. The highest BCUT2D eigenvalue weighted by molar-refractivity contribution is 6.36. The number of hydrogen-bond donors (Lipinski definition) is 3. The molecule has 0 bridgehead atoms. The molecule has 0 aliphatic carbocycles. The fourth-order valence-corrected chi connectivity index (χ4v) is 4.76. The minimum atomic E-state index is -0.573. The number of pyridine rings is 2. The summed E-state index contributed by atoms with van der Waals surface area (Å²) in [4.78, 5) is 50.5. The van der Waals surface area contributed by atoms with Crippen LogP contribution in [-0.4, -0.2) is 32.5 Å². The number of carbonyl (C=O) groups is 1. The van der Waals surface area contributed by atoms with E-state index in [1.54, 1.807) is 30.3 Å². The first kappa shape index (κ1) is 23.3. The van der Waals surface area contributed by atoms with E-state index in [0.717, 1.165) is 0 Å². The van der Waals surface area contributed by atoms with E-state index in [4.69, 9.17) is 11.6 Å². The van der Waals surface area contributed by atoms with E-state index in [0.29, 0.717) is 38.6 Å². The van der Waals surface area contributed by atoms with Crippen LogP contribution in [0.4, 0.5) is 5.82 Å². The van der Waals surface area contributed by atoms with Gasteiger partial charge in [-0.3, -0.25) is 19.0 Å². The van der Waals surface area contributed by atoms with Crippen molar-refractivity contribution in [2.75, 3.05) is 12.4 Å². The lowest BCUT2D eigenvalue weighted by molar-refractivity contribution is 0.0964. The van der Waals surface area contributed by atoms with E-state index in [2.05, 4.69) is 25.6 Å². The molecule has 180 valence electrons. The van der Waals surface area contributed by atoms with Gasteiger partial charge in [-0.2, -0.15) is 0 Å². The second-order valence-electron chi connectivity index (χ2n) is 8.14. The van der Waals surface area contributed by atoms with E-state index < -0.39 is 11.6 Å². The lowest BCUT2D eigenvalue weighted by Gasteiger charge is -2.23. The lowest BCUT2D eigenvalue weighted by Crippen LogP contribution is -2.29. The van der Waals surface area contributed by atoms with Crippen LogP contribution in [0, 0.1) is 0 Å². The number of amides is 1. The maximum Gasteiger partial charge on any atom is 0.264 e. The van der Waals surface area contributed by atoms with Gasteiger partial charge in [0.15, 0.2) is 5.43 Å². The number of halogens is 1. The summed E-state index contributed by atoms with van der Waals surface area (Å²) in [5, 5.41) is 7.07. The first-order valence-electron chi connectivity index (χ1n) is 11.2. The van der Waals surface area contributed by atoms with Gasteiger partial charge < -0.3 is 15.6 Å². The third kappa shape index (κ3) is 3.79. The molecule has 3 aromatic heterocycles. The van der Waals surface area contributed by atoms with Crippen LogP contribution in [-0.2, 0) is 0 Å². The van der Waals surface area contributed by atoms with Gasteiger partial charge in [0.25, 0.3) is 11.5 Å². The van der Waals surface area contributed by atoms with Gasteiger partial charge in [-0.05, 0) is 25.1 Å². The van der Waals surface area contributed by atoms with E-state index in [1.807, 2.05) is 25.1 Å². The van der Waals surface area contributed by atoms with Crippen LogP contribution < -0.4 is 21.6 Å². The largest absolute Gasteiger partial charge is 0.361 e. The first-order valence-corrected chi connectivity index (χ1v) is 11.5. The highest BCUT2D eigenvalue weighted by atomic mass is 35.5. The molecule has 10 heteroatoms. The molecule has 5 rings (SSSR count). The van der Waals surface area contributed by atoms with Crippen LogP contribution in [0.25, 0.3) is 27.5 Å². The van der Waals surface area contributed by atoms with Crippen molar-refractivity contribution < 1.29 is 4.79 Å². The number of para-hydroxylation sites is 1. The van der Waals surface area contributed by atoms with Gasteiger partial charge in [-0.1, -0.05) is 41.9 Å². The molecule has 0 aliphatic heterocycles. The number of H-pyrrole nitrogens is 1. The summed E-state index contributed by atoms with van der Waals surface area (Å²) in [5.41, 5.74) is 0.994. The topological polar surface area (TPSA) is 122 Å². The molecule has 0 saturated heterocycles. The summed E-state index contributed by atoms with van der Waals surface area (Å²) in [7, 11) is 1.51. The Balaban J connectivity index is 1.79. The van der Waals surface area contributed by atoms with Gasteiger partial charge in [0.2, 0.25) is 0 Å². The number of nitrogens with one attached hydrogen (secondary N) is 3. The Morgan fingerprint density at radius 2 is 1.81 bits per heavy atom. The number of benzene rings is 2. The van der Waals surface area contributed by atoms with Crippen molar-refractivity contribution in [2.24, 2.45) is 0 Å². The molecule has 0 radical (unpaired) electrons. The Morgan fingerprint density at radius 1 is 1.03 bits per heavy atom. The number of hydrogen-bond acceptors (Lipinski definition) is 6. The highest BCUT2D eigenvalue weighted by Crippen LogP contribution is 2.34. The van der Waals surface area contributed by atoms with Crippen molar-refractivity contribution in [3.63, 3.8) is 0 Å². The number of rotatable bonds is 5. The zero-order chi connectivity index (χ0) is 25.4. The van der Waals surface area contributed by atoms with Crippen molar-refractivity contribution in [3.05, 3.63) is 104 Å². The molecular formula is C26H21ClN6O3. The lowest BCUT2D eigenvalue weighted by atomic mass is 10.0. The SMILES string of the molecule is CNC(=O)c1cccc2c(Cl)c(C(C)Nc3ncnc4[nH]ccc(=O)c34)n(-c3ccccc3)c(=O)c12. The van der Waals surface area contributed by atoms with Crippen LogP contribution in [0.5, 0.6) is 0 Å². The summed E-state index contributed by atoms with van der Waals surface area (Å²) in [5.74, 6) is -0.0873. The van der Waals surface area contributed by atoms with Gasteiger partial charge in [0.1, 0.15) is 23.2 Å². The molecule has 36 heavy (non-hydrogen) atoms. The summed E-state index contributed by atoms with van der Waals surface area (Å²) in [6.45, 7) is 1.82. The predicted octanol–water partition coefficient (Wildman–Crippen LogP) is 3.81. The average molecular weight is 501 g/mol. The van der Waals surface area contributed by atoms with Crippen molar-refractivity contribution in [1.82, 2.24) is 24.8 Å². The summed E-state index contributed by atoms with van der Waals surface area (Å²) >= 11 is 6.97. The molecular weight excluding hydrogens is 480 g/mol. The van der Waals surface area contributed by atoms with Crippen LogP contribution in [0.1, 0.15) is 29.0 Å². The zero-order valence-corrected chi connectivity index (χ0v) is 20.1. The van der Waals surface area contributed by atoms with Gasteiger partial charge >= 0.3 is 0 Å². The maximum atomic E-state index is 14.0. The van der Waals surface area contributed by atoms with Crippen molar-refractivity contribution in [3.8, 4) is 5.69 Å². The summed E-state index contributed by atoms with van der Waals surface area (Å²) < 4.78 is 1.49. The third-order valence-electron chi connectivity index (χ3n) is 5.98. The second-order valence-corrected chi connectivity index (χ2v) is 8.51. The van der Waals surface area contributed by atoms with Gasteiger partial charge in [-0.25, -0.2) is 9.97 Å². The van der Waals surface area contributed by atoms with Crippen molar-refractivity contribution in [1.29, 1.82) is 0 Å². The quantitative estimate of drug-likeness (QED) is 0.337. The van der Waals surface area contributed by atoms with Crippen LogP contribution >= 0.6 is 11.6 Å². The van der Waals surface area contributed by atoms with E-state index in [-0.39, 0.29) is 22.3 Å². The Bertz CT molecular complexity index is 1740. The molecule has 1 unspecified atom stereocenters. The minimum absolute atomic E-state index is 0.214. The van der Waals surface area contributed by atoms with Gasteiger partial charge in [0, 0.05) is 30.4 Å². The summed E-state index contributed by atoms with van der Waals surface area (Å²) in [6, 6.07) is 14.8. The molecule has 0 fully saturated rings. The molecule has 0 saturated carbocycles. The standard InChI is InChI=1S/C26H21ClN6O3/c1-14(32-24-20-18(34)11-12-29-23(20)30-13-31-24)22-21(27)16-9-6-10-17(25(35)28-2)19(16)26(36)33(22)15-7-4-3-5-8-15/h3-14H,1-2H3,(H,28,35)(H2,29,30,31,32,34). The molecule has 1 atom stereocenters. The number of fused-ring (bicyclic) bond motifs is 2. The molecule has 3 heterocycles. The first-order chi connectivity index (χ1) is 17.4. The second kappa shape index (κ2) is 9.27. The van der Waals surface area contributed by atoms with Crippen molar-refractivity contribution in [2.45, 2.75) is 13.0 Å². The Kier molecular flexibility index (Phi) is 5.99. The monoisotopic (exact) mass is 500 g/mol. The van der Waals surface area contributed by atoms with Gasteiger partial charge in [0.05, 0.1) is 27.7 Å². The Labute approximate surface area is 209 Å². The number of aromatic nitrogens is 4. The Hall–Kier alpha value is -4.50. The Morgan fingerprint density at radius 3 is 2.56 bits per heavy atom. The zero-order valence-electron chi connectivity index (χ0n) is 19.4. The fraction of sp³-hybridized carbons (Fsp3) is 0.115. The van der Waals surface area contributed by atoms with Crippen molar-refractivity contribution >= 4 is 45.1 Å². The molecule has 3 N–H and O–H groups in total. The third-order valence-corrected chi connectivity index (χ3v) is 6.38. The molecule has 0 aliphatic rings. The number of carbonyl (C=O) groups excluding carboxylic acids is 1. The number of aromatic amines is 1. The number of anilines is 1. The number of nitrogens with zero attached hydrogens (tertiary/aromatic N) is 3. The smallest absolute Gasteiger partial charge is 0.264 e. The highest BCUT2D eigenvalue weighted by Gasteiger charge is 2.25. The molecule has 2 aromatic carbocycles. The maximum absolute atomic E-state index is 14.0. The van der Waals surface area contributed by atoms with E-state index >= 15 is 0 Å². The summed E-state index contributed by atoms with van der Waals surface area (Å²) in [6.07, 6.45) is 2.86. The van der Waals surface area contributed by atoms with E-state index in [1.165, 1.54) is 30.2 Å². The van der Waals surface area contributed by atoms with Crippen LogP contribution in [0.2, 0.25) is 5.02 Å². The molecule has 1 amide bonds. The molecule has 9 nitrogen and oxygen atoms in total. The molecule has 5 aromatic rings. The minimum Gasteiger partial charge on any atom is -0.361 e. The van der Waals surface area contributed by atoms with Gasteiger partial charge in [-0.15, -0.1) is 0 Å². The van der Waals surface area contributed by atoms with E-state index in [9.17, 15) is 14.4 Å². The fourth-order valence-electron chi connectivity index (χ4n) is 4.35. The van der Waals surface area contributed by atoms with Crippen LogP contribution in [0.15, 0.2) is 76.7 Å².